The standard InChI is InChI=1S/C25H33N5O5S/c1-5-30(17-19-10-7-6-8-11-19)15-9-14-26-23(31)18-27(2)36(34,35)20-12-13-22-21(16-20)24(32)29(4)25(33)28(22)3/h6-8,10-13,16H,5,9,14-15,17-18H2,1-4H3,(H,26,31). The molecule has 0 unspecified atom stereocenters. The normalized spacial score (nSPS) is 11.9. The highest BCUT2D eigenvalue weighted by Gasteiger charge is 2.24. The highest BCUT2D eigenvalue weighted by molar-refractivity contribution is 7.89. The van der Waals surface area contributed by atoms with Crippen LogP contribution >= 0.6 is 0 Å². The maximum atomic E-state index is 13.1. The van der Waals surface area contributed by atoms with Crippen LogP contribution in [0.15, 0.2) is 63.0 Å². The van der Waals surface area contributed by atoms with Crippen molar-refractivity contribution in [2.75, 3.05) is 33.2 Å². The van der Waals surface area contributed by atoms with E-state index in [9.17, 15) is 22.8 Å². The summed E-state index contributed by atoms with van der Waals surface area (Å²) in [6.07, 6.45) is 0.732. The smallest absolute Gasteiger partial charge is 0.330 e. The van der Waals surface area contributed by atoms with Crippen LogP contribution in [0.1, 0.15) is 18.9 Å². The molecule has 1 heterocycles. The summed E-state index contributed by atoms with van der Waals surface area (Å²) < 4.78 is 29.3. The summed E-state index contributed by atoms with van der Waals surface area (Å²) in [5, 5.41) is 2.88. The van der Waals surface area contributed by atoms with Gasteiger partial charge in [-0.25, -0.2) is 13.2 Å². The van der Waals surface area contributed by atoms with Crippen molar-refractivity contribution in [2.24, 2.45) is 14.1 Å². The zero-order valence-corrected chi connectivity index (χ0v) is 21.9. The van der Waals surface area contributed by atoms with Crippen LogP contribution in [0.25, 0.3) is 10.9 Å². The van der Waals surface area contributed by atoms with E-state index < -0.39 is 27.2 Å². The summed E-state index contributed by atoms with van der Waals surface area (Å²) in [7, 11) is 0.131. The average Bonchev–Trinajstić information content (AvgIpc) is 2.88. The van der Waals surface area contributed by atoms with E-state index in [0.29, 0.717) is 12.1 Å². The van der Waals surface area contributed by atoms with Crippen LogP contribution in [0.5, 0.6) is 0 Å². The molecule has 0 spiro atoms. The van der Waals surface area contributed by atoms with Gasteiger partial charge in [-0.05, 0) is 36.7 Å². The van der Waals surface area contributed by atoms with Gasteiger partial charge in [0.1, 0.15) is 0 Å². The fourth-order valence-electron chi connectivity index (χ4n) is 3.98. The number of benzene rings is 2. The van der Waals surface area contributed by atoms with Gasteiger partial charge in [-0.3, -0.25) is 23.6 Å². The molecule has 1 amide bonds. The second-order valence-corrected chi connectivity index (χ2v) is 10.7. The third kappa shape index (κ3) is 6.10. The zero-order chi connectivity index (χ0) is 26.5. The number of carbonyl (C=O) groups excluding carboxylic acids is 1. The molecule has 1 aromatic heterocycles. The molecule has 11 heteroatoms. The Labute approximate surface area is 210 Å². The van der Waals surface area contributed by atoms with E-state index in [0.717, 1.165) is 34.9 Å². The molecule has 0 aliphatic rings. The molecule has 0 aliphatic carbocycles. The number of hydrogen-bond acceptors (Lipinski definition) is 6. The first-order chi connectivity index (χ1) is 17.1. The molecule has 0 aliphatic heterocycles. The number of hydrogen-bond donors (Lipinski definition) is 1. The predicted molar refractivity (Wildman–Crippen MR) is 139 cm³/mol. The topological polar surface area (TPSA) is 114 Å². The number of aromatic nitrogens is 2. The van der Waals surface area contributed by atoms with Crippen molar-refractivity contribution in [3.8, 4) is 0 Å². The Hall–Kier alpha value is -3.28. The van der Waals surface area contributed by atoms with Crippen LogP contribution in [-0.2, 0) is 35.5 Å². The molecule has 36 heavy (non-hydrogen) atoms. The molecule has 10 nitrogen and oxygen atoms in total. The maximum absolute atomic E-state index is 13.1. The lowest BCUT2D eigenvalue weighted by Crippen LogP contribution is -2.39. The van der Waals surface area contributed by atoms with Gasteiger partial charge in [0.2, 0.25) is 15.9 Å². The summed E-state index contributed by atoms with van der Waals surface area (Å²) in [5.41, 5.74) is 0.470. The number of nitrogens with one attached hydrogen (secondary N) is 1. The first-order valence-electron chi connectivity index (χ1n) is 11.7. The number of amides is 1. The number of nitrogens with zero attached hydrogens (tertiary/aromatic N) is 4. The van der Waals surface area contributed by atoms with Gasteiger partial charge in [0.05, 0.1) is 22.3 Å². The van der Waals surface area contributed by atoms with E-state index in [1.165, 1.54) is 49.5 Å². The first kappa shape index (κ1) is 27.3. The van der Waals surface area contributed by atoms with E-state index in [2.05, 4.69) is 29.3 Å². The van der Waals surface area contributed by atoms with Gasteiger partial charge in [0, 0.05) is 40.8 Å². The molecule has 3 rings (SSSR count). The molecular formula is C25H33N5O5S. The van der Waals surface area contributed by atoms with Crippen LogP contribution in [0.2, 0.25) is 0 Å². The summed E-state index contributed by atoms with van der Waals surface area (Å²) >= 11 is 0. The maximum Gasteiger partial charge on any atom is 0.330 e. The largest absolute Gasteiger partial charge is 0.355 e. The second-order valence-electron chi connectivity index (χ2n) is 8.70. The minimum atomic E-state index is -4.03. The van der Waals surface area contributed by atoms with E-state index in [-0.39, 0.29) is 16.8 Å². The predicted octanol–water partition coefficient (Wildman–Crippen LogP) is 0.886. The molecule has 0 fully saturated rings. The van der Waals surface area contributed by atoms with Crippen molar-refractivity contribution in [2.45, 2.75) is 24.8 Å². The number of fused-ring (bicyclic) bond motifs is 1. The lowest BCUT2D eigenvalue weighted by Gasteiger charge is -2.21. The summed E-state index contributed by atoms with van der Waals surface area (Å²) in [6, 6.07) is 14.2. The minimum Gasteiger partial charge on any atom is -0.355 e. The van der Waals surface area contributed by atoms with Crippen molar-refractivity contribution in [3.05, 3.63) is 74.9 Å². The zero-order valence-electron chi connectivity index (χ0n) is 21.1. The van der Waals surface area contributed by atoms with Crippen LogP contribution in [0.3, 0.4) is 0 Å². The minimum absolute atomic E-state index is 0.106. The Kier molecular flexibility index (Phi) is 8.83. The van der Waals surface area contributed by atoms with Crippen LogP contribution in [-0.4, -0.2) is 65.9 Å². The van der Waals surface area contributed by atoms with Crippen molar-refractivity contribution in [1.29, 1.82) is 0 Å². The Morgan fingerprint density at radius 2 is 1.72 bits per heavy atom. The fraction of sp³-hybridized carbons (Fsp3) is 0.400. The van der Waals surface area contributed by atoms with E-state index >= 15 is 0 Å². The van der Waals surface area contributed by atoms with Gasteiger partial charge in [-0.1, -0.05) is 37.3 Å². The van der Waals surface area contributed by atoms with Crippen molar-refractivity contribution >= 4 is 26.8 Å². The number of likely N-dealkylation sites (N-methyl/N-ethyl adjacent to an activating group) is 1. The summed E-state index contributed by atoms with van der Waals surface area (Å²) in [6.45, 7) is 4.67. The Bertz CT molecular complexity index is 1450. The van der Waals surface area contributed by atoms with Crippen molar-refractivity contribution in [3.63, 3.8) is 0 Å². The van der Waals surface area contributed by atoms with Crippen LogP contribution < -0.4 is 16.6 Å². The molecule has 0 saturated heterocycles. The third-order valence-electron chi connectivity index (χ3n) is 6.18. The molecule has 194 valence electrons. The van der Waals surface area contributed by atoms with Crippen molar-refractivity contribution in [1.82, 2.24) is 23.7 Å². The second kappa shape index (κ2) is 11.6. The average molecular weight is 516 g/mol. The molecule has 1 N–H and O–H groups in total. The van der Waals surface area contributed by atoms with Crippen LogP contribution in [0, 0.1) is 0 Å². The highest BCUT2D eigenvalue weighted by Crippen LogP contribution is 2.18. The van der Waals surface area contributed by atoms with Gasteiger partial charge in [-0.15, -0.1) is 0 Å². The van der Waals surface area contributed by atoms with Gasteiger partial charge in [0.15, 0.2) is 0 Å². The number of carbonyl (C=O) groups is 1. The van der Waals surface area contributed by atoms with E-state index in [1.54, 1.807) is 0 Å². The third-order valence-corrected chi connectivity index (χ3v) is 7.98. The van der Waals surface area contributed by atoms with Gasteiger partial charge in [0.25, 0.3) is 5.56 Å². The first-order valence-corrected chi connectivity index (χ1v) is 13.2. The lowest BCUT2D eigenvalue weighted by atomic mass is 10.2. The molecule has 0 saturated carbocycles. The quantitative estimate of drug-likeness (QED) is 0.380. The number of rotatable bonds is 11. The molecular weight excluding hydrogens is 482 g/mol. The Balaban J connectivity index is 1.59. The Morgan fingerprint density at radius 3 is 2.39 bits per heavy atom. The fourth-order valence-corrected chi connectivity index (χ4v) is 5.13. The Morgan fingerprint density at radius 1 is 1.03 bits per heavy atom. The highest BCUT2D eigenvalue weighted by atomic mass is 32.2. The monoisotopic (exact) mass is 515 g/mol. The van der Waals surface area contributed by atoms with Crippen LogP contribution in [0.4, 0.5) is 0 Å². The van der Waals surface area contributed by atoms with Gasteiger partial charge >= 0.3 is 5.69 Å². The summed E-state index contributed by atoms with van der Waals surface area (Å²) in [4.78, 5) is 39.2. The molecule has 0 bridgehead atoms. The molecule has 2 aromatic carbocycles. The number of aryl methyl sites for hydroxylation is 1. The number of sulfonamides is 1. The molecule has 3 aromatic rings. The van der Waals surface area contributed by atoms with E-state index in [1.807, 2.05) is 18.2 Å². The molecule has 0 radical (unpaired) electrons. The van der Waals surface area contributed by atoms with E-state index in [4.69, 9.17) is 0 Å². The summed E-state index contributed by atoms with van der Waals surface area (Å²) in [5.74, 6) is -0.411. The van der Waals surface area contributed by atoms with Gasteiger partial charge < -0.3 is 5.32 Å². The molecule has 0 atom stereocenters. The SMILES string of the molecule is CCN(CCCNC(=O)CN(C)S(=O)(=O)c1ccc2c(c1)c(=O)n(C)c(=O)n2C)Cc1ccccc1. The van der Waals surface area contributed by atoms with Crippen molar-refractivity contribution < 1.29 is 13.2 Å². The van der Waals surface area contributed by atoms with Gasteiger partial charge in [-0.2, -0.15) is 4.31 Å². The lowest BCUT2D eigenvalue weighted by molar-refractivity contribution is -0.121.